The van der Waals surface area contributed by atoms with Crippen LogP contribution in [0.3, 0.4) is 0 Å². The van der Waals surface area contributed by atoms with E-state index in [0.717, 1.165) is 11.1 Å². The van der Waals surface area contributed by atoms with E-state index in [9.17, 15) is 0 Å². The van der Waals surface area contributed by atoms with Gasteiger partial charge in [0, 0.05) is 18.0 Å². The first-order chi connectivity index (χ1) is 8.39. The second-order valence-electron chi connectivity index (χ2n) is 5.49. The Hall–Kier alpha value is -1.75. The molecule has 1 atom stereocenters. The van der Waals surface area contributed by atoms with Crippen molar-refractivity contribution in [3.8, 4) is 11.4 Å². The average molecular weight is 246 g/mol. The molecule has 2 heterocycles. The average Bonchev–Trinajstić information content (AvgIpc) is 2.76. The van der Waals surface area contributed by atoms with Crippen LogP contribution in [-0.2, 0) is 0 Å². The Morgan fingerprint density at radius 2 is 2.06 bits per heavy atom. The number of aryl methyl sites for hydroxylation is 1. The number of pyridine rings is 1. The molecule has 18 heavy (non-hydrogen) atoms. The van der Waals surface area contributed by atoms with E-state index in [2.05, 4.69) is 15.1 Å². The molecule has 0 unspecified atom stereocenters. The van der Waals surface area contributed by atoms with Gasteiger partial charge in [0.15, 0.2) is 0 Å². The van der Waals surface area contributed by atoms with Crippen molar-refractivity contribution in [2.75, 3.05) is 0 Å². The smallest absolute Gasteiger partial charge is 0.244 e. The van der Waals surface area contributed by atoms with Crippen molar-refractivity contribution in [2.24, 2.45) is 11.1 Å². The quantitative estimate of drug-likeness (QED) is 0.880. The summed E-state index contributed by atoms with van der Waals surface area (Å²) in [6.45, 7) is 8.08. The molecule has 2 aromatic rings. The molecule has 5 heteroatoms. The topological polar surface area (TPSA) is 77.8 Å². The largest absolute Gasteiger partial charge is 0.337 e. The van der Waals surface area contributed by atoms with Gasteiger partial charge in [0.05, 0.1) is 6.04 Å². The number of aromatic nitrogens is 3. The van der Waals surface area contributed by atoms with Crippen LogP contribution in [-0.4, -0.2) is 15.1 Å². The lowest BCUT2D eigenvalue weighted by molar-refractivity contribution is 0.253. The van der Waals surface area contributed by atoms with Gasteiger partial charge in [-0.2, -0.15) is 4.98 Å². The Balaban J connectivity index is 2.35. The molecule has 2 N–H and O–H groups in total. The number of nitrogens with two attached hydrogens (primary N) is 1. The van der Waals surface area contributed by atoms with Gasteiger partial charge in [-0.15, -0.1) is 0 Å². The molecular weight excluding hydrogens is 228 g/mol. The third-order valence-corrected chi connectivity index (χ3v) is 2.90. The first kappa shape index (κ1) is 12.7. The predicted molar refractivity (Wildman–Crippen MR) is 68.6 cm³/mol. The Bertz CT molecular complexity index is 542. The van der Waals surface area contributed by atoms with Crippen LogP contribution in [0.5, 0.6) is 0 Å². The Morgan fingerprint density at radius 3 is 2.67 bits per heavy atom. The van der Waals surface area contributed by atoms with E-state index in [1.54, 1.807) is 12.4 Å². The van der Waals surface area contributed by atoms with E-state index >= 15 is 0 Å². The normalized spacial score (nSPS) is 13.6. The Labute approximate surface area is 106 Å². The monoisotopic (exact) mass is 246 g/mol. The third-order valence-electron chi connectivity index (χ3n) is 2.90. The van der Waals surface area contributed by atoms with Crippen molar-refractivity contribution >= 4 is 0 Å². The van der Waals surface area contributed by atoms with Crippen molar-refractivity contribution in [2.45, 2.75) is 33.7 Å². The number of hydrogen-bond acceptors (Lipinski definition) is 5. The van der Waals surface area contributed by atoms with Crippen molar-refractivity contribution in [3.05, 3.63) is 29.9 Å². The van der Waals surface area contributed by atoms with E-state index in [4.69, 9.17) is 10.3 Å². The van der Waals surface area contributed by atoms with Gasteiger partial charge in [-0.25, -0.2) is 0 Å². The zero-order valence-electron chi connectivity index (χ0n) is 11.1. The maximum absolute atomic E-state index is 6.09. The molecule has 2 aromatic heterocycles. The number of nitrogens with zero attached hydrogens (tertiary/aromatic N) is 3. The van der Waals surface area contributed by atoms with Crippen molar-refractivity contribution in [3.63, 3.8) is 0 Å². The molecule has 0 fully saturated rings. The Kier molecular flexibility index (Phi) is 3.17. The highest BCUT2D eigenvalue weighted by Gasteiger charge is 2.27. The van der Waals surface area contributed by atoms with Crippen LogP contribution in [0.2, 0.25) is 0 Å². The molecule has 0 spiro atoms. The van der Waals surface area contributed by atoms with Crippen molar-refractivity contribution < 1.29 is 4.52 Å². The number of hydrogen-bond donors (Lipinski definition) is 1. The van der Waals surface area contributed by atoms with E-state index in [1.807, 2.05) is 33.8 Å². The highest BCUT2D eigenvalue weighted by Crippen LogP contribution is 2.30. The molecule has 96 valence electrons. The maximum atomic E-state index is 6.09. The molecular formula is C13H18N4O. The standard InChI is InChI=1S/C13H18N4O/c1-8-7-15-6-5-9(8)11-16-12(18-17-11)10(14)13(2,3)4/h5-7,10H,14H2,1-4H3/t10-/m1/s1. The first-order valence-electron chi connectivity index (χ1n) is 5.90. The summed E-state index contributed by atoms with van der Waals surface area (Å²) in [6, 6.07) is 1.59. The van der Waals surface area contributed by atoms with Gasteiger partial charge in [-0.3, -0.25) is 4.98 Å². The molecule has 0 radical (unpaired) electrons. The minimum atomic E-state index is -0.277. The maximum Gasteiger partial charge on any atom is 0.244 e. The highest BCUT2D eigenvalue weighted by molar-refractivity contribution is 5.57. The van der Waals surface area contributed by atoms with E-state index in [-0.39, 0.29) is 11.5 Å². The Morgan fingerprint density at radius 1 is 1.33 bits per heavy atom. The van der Waals surface area contributed by atoms with Crippen LogP contribution < -0.4 is 5.73 Å². The fraction of sp³-hybridized carbons (Fsp3) is 0.462. The van der Waals surface area contributed by atoms with Crippen molar-refractivity contribution in [1.82, 2.24) is 15.1 Å². The second-order valence-corrected chi connectivity index (χ2v) is 5.49. The fourth-order valence-electron chi connectivity index (χ4n) is 1.57. The van der Waals surface area contributed by atoms with Crippen LogP contribution in [0.1, 0.15) is 38.3 Å². The molecule has 2 rings (SSSR count). The van der Waals surface area contributed by atoms with Gasteiger partial charge in [0.1, 0.15) is 0 Å². The third kappa shape index (κ3) is 2.41. The summed E-state index contributed by atoms with van der Waals surface area (Å²) in [5, 5.41) is 3.99. The molecule has 0 aliphatic carbocycles. The summed E-state index contributed by atoms with van der Waals surface area (Å²) >= 11 is 0. The van der Waals surface area contributed by atoms with Gasteiger partial charge in [-0.05, 0) is 24.0 Å². The lowest BCUT2D eigenvalue weighted by Gasteiger charge is -2.23. The zero-order chi connectivity index (χ0) is 13.3. The summed E-state index contributed by atoms with van der Waals surface area (Å²) < 4.78 is 5.26. The summed E-state index contributed by atoms with van der Waals surface area (Å²) in [7, 11) is 0. The minimum Gasteiger partial charge on any atom is -0.337 e. The van der Waals surface area contributed by atoms with Gasteiger partial charge in [0.25, 0.3) is 0 Å². The lowest BCUT2D eigenvalue weighted by Crippen LogP contribution is -2.26. The molecule has 0 bridgehead atoms. The first-order valence-corrected chi connectivity index (χ1v) is 5.90. The highest BCUT2D eigenvalue weighted by atomic mass is 16.5. The zero-order valence-corrected chi connectivity index (χ0v) is 11.1. The summed E-state index contributed by atoms with van der Waals surface area (Å²) in [4.78, 5) is 8.42. The molecule has 0 aliphatic rings. The van der Waals surface area contributed by atoms with Crippen LogP contribution in [0.15, 0.2) is 23.0 Å². The summed E-state index contributed by atoms with van der Waals surface area (Å²) in [5.41, 5.74) is 7.91. The second kappa shape index (κ2) is 4.49. The summed E-state index contributed by atoms with van der Waals surface area (Å²) in [6.07, 6.45) is 3.48. The minimum absolute atomic E-state index is 0.114. The SMILES string of the molecule is Cc1cnccc1-c1noc([C@@H](N)C(C)(C)C)n1. The van der Waals surface area contributed by atoms with Crippen molar-refractivity contribution in [1.29, 1.82) is 0 Å². The van der Waals surface area contributed by atoms with E-state index < -0.39 is 0 Å². The fourth-order valence-corrected chi connectivity index (χ4v) is 1.57. The van der Waals surface area contributed by atoms with Crippen LogP contribution in [0, 0.1) is 12.3 Å². The predicted octanol–water partition coefficient (Wildman–Crippen LogP) is 2.49. The molecule has 0 aromatic carbocycles. The van der Waals surface area contributed by atoms with Gasteiger partial charge in [0.2, 0.25) is 11.7 Å². The van der Waals surface area contributed by atoms with Gasteiger partial charge in [-0.1, -0.05) is 25.9 Å². The van der Waals surface area contributed by atoms with E-state index in [0.29, 0.717) is 11.7 Å². The molecule has 0 aliphatic heterocycles. The van der Waals surface area contributed by atoms with E-state index in [1.165, 1.54) is 0 Å². The van der Waals surface area contributed by atoms with Crippen LogP contribution in [0.25, 0.3) is 11.4 Å². The lowest BCUT2D eigenvalue weighted by atomic mass is 9.87. The van der Waals surface area contributed by atoms with Crippen LogP contribution in [0.4, 0.5) is 0 Å². The molecule has 0 saturated heterocycles. The molecule has 0 amide bonds. The number of rotatable bonds is 2. The molecule has 5 nitrogen and oxygen atoms in total. The molecule has 0 saturated carbocycles. The van der Waals surface area contributed by atoms with Gasteiger partial charge >= 0.3 is 0 Å². The van der Waals surface area contributed by atoms with Gasteiger partial charge < -0.3 is 10.3 Å². The van der Waals surface area contributed by atoms with Crippen LogP contribution >= 0.6 is 0 Å². The summed E-state index contributed by atoms with van der Waals surface area (Å²) in [5.74, 6) is 1.03.